The van der Waals surface area contributed by atoms with Crippen molar-refractivity contribution in [3.63, 3.8) is 0 Å². The third kappa shape index (κ3) is 3.60. The Morgan fingerprint density at radius 3 is 2.17 bits per heavy atom. The number of fused-ring (bicyclic) bond motifs is 1. The number of para-hydroxylation sites is 1. The quantitative estimate of drug-likeness (QED) is 0.408. The van der Waals surface area contributed by atoms with Gasteiger partial charge in [0.05, 0.1) is 31.1 Å². The summed E-state index contributed by atoms with van der Waals surface area (Å²) in [6.45, 7) is 1.11. The zero-order valence-corrected chi connectivity index (χ0v) is 15.6. The summed E-state index contributed by atoms with van der Waals surface area (Å²) in [5, 5.41) is 0.971. The molecular formula is C23H18N4O2. The first-order valence-corrected chi connectivity index (χ1v) is 9.34. The molecule has 0 aliphatic carbocycles. The molecule has 0 saturated carbocycles. The molecule has 0 fully saturated rings. The molecule has 0 unspecified atom stereocenters. The van der Waals surface area contributed by atoms with Gasteiger partial charge in [0.25, 0.3) is 0 Å². The van der Waals surface area contributed by atoms with E-state index in [9.17, 15) is 0 Å². The normalized spacial score (nSPS) is 11.0. The highest BCUT2D eigenvalue weighted by atomic mass is 16.3. The maximum Gasteiger partial charge on any atom is 0.163 e. The van der Waals surface area contributed by atoms with Crippen molar-refractivity contribution in [3.05, 3.63) is 97.1 Å². The maximum atomic E-state index is 5.61. The molecule has 0 saturated heterocycles. The van der Waals surface area contributed by atoms with Crippen LogP contribution in [0.15, 0.2) is 94.4 Å². The van der Waals surface area contributed by atoms with Gasteiger partial charge >= 0.3 is 0 Å². The van der Waals surface area contributed by atoms with E-state index < -0.39 is 0 Å². The fourth-order valence-electron chi connectivity index (χ4n) is 3.31. The molecule has 0 N–H and O–H groups in total. The lowest BCUT2D eigenvalue weighted by Gasteiger charge is -2.23. The topological polar surface area (TPSA) is 68.2 Å². The van der Waals surface area contributed by atoms with Crippen LogP contribution in [0.25, 0.3) is 22.3 Å². The highest BCUT2D eigenvalue weighted by Gasteiger charge is 2.18. The molecule has 0 aliphatic rings. The third-order valence-corrected chi connectivity index (χ3v) is 4.66. The van der Waals surface area contributed by atoms with Crippen molar-refractivity contribution in [3.8, 4) is 11.4 Å². The molecule has 0 spiro atoms. The van der Waals surface area contributed by atoms with Crippen LogP contribution in [-0.2, 0) is 13.1 Å². The largest absolute Gasteiger partial charge is 0.467 e. The minimum Gasteiger partial charge on any atom is -0.467 e. The number of pyridine rings is 1. The molecule has 6 heteroatoms. The van der Waals surface area contributed by atoms with Gasteiger partial charge in [-0.25, -0.2) is 9.97 Å². The number of anilines is 1. The summed E-state index contributed by atoms with van der Waals surface area (Å²) in [6.07, 6.45) is 6.88. The fourth-order valence-corrected chi connectivity index (χ4v) is 3.31. The summed E-state index contributed by atoms with van der Waals surface area (Å²) in [4.78, 5) is 16.0. The molecule has 0 radical (unpaired) electrons. The second kappa shape index (κ2) is 7.59. The van der Waals surface area contributed by atoms with Crippen LogP contribution >= 0.6 is 0 Å². The molecule has 0 atom stereocenters. The summed E-state index contributed by atoms with van der Waals surface area (Å²) in [6, 6.07) is 19.6. The molecule has 0 bridgehead atoms. The first kappa shape index (κ1) is 17.2. The van der Waals surface area contributed by atoms with E-state index in [-0.39, 0.29) is 0 Å². The van der Waals surface area contributed by atoms with E-state index in [4.69, 9.17) is 18.8 Å². The smallest absolute Gasteiger partial charge is 0.163 e. The number of rotatable bonds is 6. The summed E-state index contributed by atoms with van der Waals surface area (Å²) in [7, 11) is 0. The minimum atomic E-state index is 0.557. The van der Waals surface area contributed by atoms with E-state index in [1.54, 1.807) is 24.9 Å². The van der Waals surface area contributed by atoms with Gasteiger partial charge in [-0.3, -0.25) is 4.98 Å². The summed E-state index contributed by atoms with van der Waals surface area (Å²) < 4.78 is 11.2. The third-order valence-electron chi connectivity index (χ3n) is 4.66. The van der Waals surface area contributed by atoms with E-state index in [1.165, 1.54) is 0 Å². The van der Waals surface area contributed by atoms with Crippen molar-refractivity contribution in [2.45, 2.75) is 13.1 Å². The van der Waals surface area contributed by atoms with E-state index in [0.29, 0.717) is 18.9 Å². The van der Waals surface area contributed by atoms with Crippen molar-refractivity contribution < 1.29 is 8.83 Å². The van der Waals surface area contributed by atoms with Crippen LogP contribution in [0.3, 0.4) is 0 Å². The Morgan fingerprint density at radius 2 is 1.52 bits per heavy atom. The first-order chi connectivity index (χ1) is 14.4. The molecule has 5 aromatic rings. The number of furan rings is 2. The lowest BCUT2D eigenvalue weighted by atomic mass is 10.2. The number of nitrogens with zero attached hydrogens (tertiary/aromatic N) is 4. The highest BCUT2D eigenvalue weighted by molar-refractivity contribution is 5.91. The molecule has 0 amide bonds. The van der Waals surface area contributed by atoms with Gasteiger partial charge in [-0.1, -0.05) is 12.1 Å². The van der Waals surface area contributed by atoms with Gasteiger partial charge in [-0.05, 0) is 48.5 Å². The summed E-state index contributed by atoms with van der Waals surface area (Å²) >= 11 is 0. The van der Waals surface area contributed by atoms with E-state index in [0.717, 1.165) is 33.8 Å². The Balaban J connectivity index is 1.66. The molecule has 4 heterocycles. The monoisotopic (exact) mass is 382 g/mol. The maximum absolute atomic E-state index is 5.61. The molecule has 6 nitrogen and oxygen atoms in total. The number of hydrogen-bond acceptors (Lipinski definition) is 6. The van der Waals surface area contributed by atoms with Gasteiger partial charge in [0, 0.05) is 23.3 Å². The Hall–Kier alpha value is -3.93. The predicted octanol–water partition coefficient (Wildman–Crippen LogP) is 5.08. The molecule has 5 rings (SSSR count). The van der Waals surface area contributed by atoms with Crippen LogP contribution in [0.2, 0.25) is 0 Å². The van der Waals surface area contributed by atoms with Gasteiger partial charge < -0.3 is 13.7 Å². The SMILES string of the molecule is c1cncc(-c2nc(N(Cc3ccco3)Cc3ccco3)c3ccccc3n2)c1. The van der Waals surface area contributed by atoms with Crippen LogP contribution in [0.5, 0.6) is 0 Å². The lowest BCUT2D eigenvalue weighted by Crippen LogP contribution is -2.23. The number of hydrogen-bond donors (Lipinski definition) is 0. The molecule has 29 heavy (non-hydrogen) atoms. The highest BCUT2D eigenvalue weighted by Crippen LogP contribution is 2.29. The Kier molecular flexibility index (Phi) is 4.50. The van der Waals surface area contributed by atoms with Crippen LogP contribution in [-0.4, -0.2) is 15.0 Å². The van der Waals surface area contributed by atoms with Crippen molar-refractivity contribution >= 4 is 16.7 Å². The van der Waals surface area contributed by atoms with Gasteiger partial charge in [0.15, 0.2) is 5.82 Å². The van der Waals surface area contributed by atoms with E-state index in [1.807, 2.05) is 60.7 Å². The van der Waals surface area contributed by atoms with Crippen LogP contribution < -0.4 is 4.90 Å². The van der Waals surface area contributed by atoms with Crippen molar-refractivity contribution in [1.82, 2.24) is 15.0 Å². The average molecular weight is 382 g/mol. The zero-order chi connectivity index (χ0) is 19.5. The fraction of sp³-hybridized carbons (Fsp3) is 0.0870. The summed E-state index contributed by atoms with van der Waals surface area (Å²) in [5.74, 6) is 3.15. The molecule has 4 aromatic heterocycles. The van der Waals surface area contributed by atoms with Crippen LogP contribution in [0.1, 0.15) is 11.5 Å². The molecule has 0 aliphatic heterocycles. The Bertz CT molecular complexity index is 1170. The molecular weight excluding hydrogens is 364 g/mol. The second-order valence-corrected chi connectivity index (χ2v) is 6.64. The first-order valence-electron chi connectivity index (χ1n) is 9.34. The van der Waals surface area contributed by atoms with Crippen molar-refractivity contribution in [1.29, 1.82) is 0 Å². The van der Waals surface area contributed by atoms with Gasteiger partial charge in [0.1, 0.15) is 17.3 Å². The number of aromatic nitrogens is 3. The molecule has 1 aromatic carbocycles. The van der Waals surface area contributed by atoms with Crippen LogP contribution in [0, 0.1) is 0 Å². The second-order valence-electron chi connectivity index (χ2n) is 6.64. The van der Waals surface area contributed by atoms with Crippen molar-refractivity contribution in [2.24, 2.45) is 0 Å². The average Bonchev–Trinajstić information content (AvgIpc) is 3.47. The predicted molar refractivity (Wildman–Crippen MR) is 110 cm³/mol. The van der Waals surface area contributed by atoms with Crippen molar-refractivity contribution in [2.75, 3.05) is 4.90 Å². The van der Waals surface area contributed by atoms with Crippen LogP contribution in [0.4, 0.5) is 5.82 Å². The minimum absolute atomic E-state index is 0.557. The Labute approximate surface area is 167 Å². The number of benzene rings is 1. The van der Waals surface area contributed by atoms with Gasteiger partial charge in [-0.2, -0.15) is 0 Å². The van der Waals surface area contributed by atoms with Gasteiger partial charge in [-0.15, -0.1) is 0 Å². The van der Waals surface area contributed by atoms with E-state index in [2.05, 4.69) is 9.88 Å². The van der Waals surface area contributed by atoms with Gasteiger partial charge in [0.2, 0.25) is 0 Å². The standard InChI is InChI=1S/C23H18N4O2/c1-2-10-21-20(9-1)23(26-22(25-21)17-6-3-11-24-14-17)27(15-18-7-4-12-28-18)16-19-8-5-13-29-19/h1-14H,15-16H2. The lowest BCUT2D eigenvalue weighted by molar-refractivity contribution is 0.476. The molecule has 142 valence electrons. The zero-order valence-electron chi connectivity index (χ0n) is 15.6. The Morgan fingerprint density at radius 1 is 0.759 bits per heavy atom. The van der Waals surface area contributed by atoms with E-state index >= 15 is 0 Å². The summed E-state index contributed by atoms with van der Waals surface area (Å²) in [5.41, 5.74) is 1.75.